The van der Waals surface area contributed by atoms with Crippen LogP contribution < -0.4 is 0 Å². The summed E-state index contributed by atoms with van der Waals surface area (Å²) in [4.78, 5) is 31.6. The van der Waals surface area contributed by atoms with Gasteiger partial charge < -0.3 is 203 Å². The first-order valence-electron chi connectivity index (χ1n) is 44.3. The summed E-state index contributed by atoms with van der Waals surface area (Å²) in [6.07, 6.45) is -62.3. The average molecular weight is 1850 g/mol. The molecule has 13 rings (SSSR count). The van der Waals surface area contributed by atoms with Crippen molar-refractivity contribution < 1.29 is 213 Å². The molecule has 734 valence electrons. The molecule has 0 radical (unpaired) electrons. The van der Waals surface area contributed by atoms with E-state index in [2.05, 4.69) is 33.4 Å². The van der Waals surface area contributed by atoms with Crippen LogP contribution in [-0.2, 0) is 90.1 Å². The number of allylic oxidation sites excluding steroid dienone is 3. The van der Waals surface area contributed by atoms with E-state index < -0.39 is 354 Å². The number of carbonyl (C=O) groups excluding carboxylic acids is 2. The lowest BCUT2D eigenvalue weighted by molar-refractivity contribution is -0.390. The lowest BCUT2D eigenvalue weighted by Crippen LogP contribution is -2.70. The fourth-order valence-electron chi connectivity index (χ4n) is 22.8. The Morgan fingerprint density at radius 1 is 0.484 bits per heavy atom. The molecular weight excluding hydrogens is 1710 g/mol. The van der Waals surface area contributed by atoms with Gasteiger partial charge in [-0.05, 0) is 118 Å². The van der Waals surface area contributed by atoms with E-state index in [-0.39, 0.29) is 43.1 Å². The van der Waals surface area contributed by atoms with E-state index >= 15 is 4.79 Å². The Labute approximate surface area is 739 Å². The van der Waals surface area contributed by atoms with E-state index in [1.807, 2.05) is 13.8 Å². The van der Waals surface area contributed by atoms with Crippen molar-refractivity contribution in [3.63, 3.8) is 0 Å². The Bertz CT molecular complexity index is 3810. The number of carbonyl (C=O) groups is 2. The second-order valence-corrected chi connectivity index (χ2v) is 39.6. The number of fused-ring (bicyclic) bond motifs is 7. The van der Waals surface area contributed by atoms with Gasteiger partial charge in [0.15, 0.2) is 50.1 Å². The van der Waals surface area contributed by atoms with Gasteiger partial charge in [-0.15, -0.1) is 6.58 Å². The molecule has 13 aliphatic rings. The van der Waals surface area contributed by atoms with Crippen molar-refractivity contribution in [1.29, 1.82) is 0 Å². The number of esters is 2. The molecule has 128 heavy (non-hydrogen) atoms. The summed E-state index contributed by atoms with van der Waals surface area (Å²) in [5.41, 5.74) is -7.19. The third kappa shape index (κ3) is 18.7. The molecule has 0 aromatic heterocycles. The minimum atomic E-state index is -2.27. The molecular formula is C85H136O43. The van der Waals surface area contributed by atoms with Crippen molar-refractivity contribution in [3.8, 4) is 0 Å². The van der Waals surface area contributed by atoms with Crippen molar-refractivity contribution in [2.75, 3.05) is 46.2 Å². The molecule has 8 aliphatic heterocycles. The zero-order valence-corrected chi connectivity index (χ0v) is 73.3. The summed E-state index contributed by atoms with van der Waals surface area (Å²) < 4.78 is 103. The summed E-state index contributed by atoms with van der Waals surface area (Å²) in [5, 5.41) is 266. The standard InChI is InChI=1S/C85H136O43/c1-12-81(8,128-75-63(108)55(100)48(93)32(2)115-75)19-13-14-34(25-86)69(110)121-47-24-85(78(111)127-77-68(58(103)52(97)40(27-88)119-77)126-74-64(109)66(124-73-62(107)56(101)51(96)39(26-87)117-73)65(33(3)116-74)123-72-60(105)53(98)41(28-89)118-72)36(22-79(47,4)5)35-15-16-44-82(9)20-18-46(80(6,7)43(82)17-21-83(44,10)84(35,11)23-45(85)92)122-71-61(106)57(102)54(99)42(120-71)31-114-76-67(50(95)38(91)30-113-76)125-70-59(104)49(94)37(90)29-112-70/h12,14-15,32-33,36-68,70-77,86-109H,1,13,16-31H2,2-11H3/b34-14+/t32-,33-,36+,37+,38+,39-,40+,41+,42-,43+,44-,45+,46+,47-,48+,49+,50+,51+,52-,53-,54-,55-,56-,57+,58+,59+,60-,61+,62-,63-,64+,65+,66+,67+,68-,70-,71+,72-,73+,74+,75-,76+,77+,81-,82+,83+,84-,85+/m0/s1. The third-order valence-electron chi connectivity index (χ3n) is 31.1. The smallest absolute Gasteiger partial charge is 0.336 e. The molecule has 12 fully saturated rings. The molecule has 43 heteroatoms. The van der Waals surface area contributed by atoms with Crippen LogP contribution in [0.1, 0.15) is 133 Å². The van der Waals surface area contributed by atoms with Crippen LogP contribution in [0.3, 0.4) is 0 Å². The second kappa shape index (κ2) is 39.6. The van der Waals surface area contributed by atoms with Crippen molar-refractivity contribution in [3.05, 3.63) is 36.0 Å². The first kappa shape index (κ1) is 102. The van der Waals surface area contributed by atoms with Gasteiger partial charge in [-0.25, -0.2) is 4.79 Å². The highest BCUT2D eigenvalue weighted by atomic mass is 16.8. The molecule has 0 aromatic carbocycles. The highest BCUT2D eigenvalue weighted by Crippen LogP contribution is 2.76. The largest absolute Gasteiger partial charge is 0.458 e. The molecule has 8 heterocycles. The highest BCUT2D eigenvalue weighted by Gasteiger charge is 2.74. The first-order chi connectivity index (χ1) is 60.1. The number of rotatable bonds is 27. The number of hydrogen-bond donors (Lipinski definition) is 24. The molecule has 0 bridgehead atoms. The zero-order chi connectivity index (χ0) is 93.8. The predicted molar refractivity (Wildman–Crippen MR) is 424 cm³/mol. The molecule has 0 spiro atoms. The molecule has 5 aliphatic carbocycles. The lowest BCUT2D eigenvalue weighted by atomic mass is 9.33. The zero-order valence-electron chi connectivity index (χ0n) is 73.3. The van der Waals surface area contributed by atoms with E-state index in [0.717, 1.165) is 5.57 Å². The molecule has 4 saturated carbocycles. The van der Waals surface area contributed by atoms with Gasteiger partial charge >= 0.3 is 11.9 Å². The first-order valence-corrected chi connectivity index (χ1v) is 44.3. The van der Waals surface area contributed by atoms with Crippen LogP contribution in [0.5, 0.6) is 0 Å². The minimum absolute atomic E-state index is 0.0142. The van der Waals surface area contributed by atoms with Gasteiger partial charge in [-0.1, -0.05) is 72.3 Å². The topological polar surface area (TPSA) is 677 Å². The van der Waals surface area contributed by atoms with E-state index in [1.54, 1.807) is 20.8 Å². The van der Waals surface area contributed by atoms with E-state index in [1.165, 1.54) is 26.0 Å². The third-order valence-corrected chi connectivity index (χ3v) is 31.1. The molecule has 0 amide bonds. The number of hydrogen-bond acceptors (Lipinski definition) is 43. The van der Waals surface area contributed by atoms with Crippen LogP contribution in [0, 0.1) is 50.2 Å². The van der Waals surface area contributed by atoms with E-state index in [4.69, 9.17) is 80.5 Å². The van der Waals surface area contributed by atoms with Crippen LogP contribution in [0.2, 0.25) is 0 Å². The van der Waals surface area contributed by atoms with Crippen molar-refractivity contribution in [1.82, 2.24) is 0 Å². The highest BCUT2D eigenvalue weighted by molar-refractivity contribution is 5.89. The Balaban J connectivity index is 0.788. The van der Waals surface area contributed by atoms with E-state index in [0.29, 0.717) is 32.1 Å². The maximum absolute atomic E-state index is 16.7. The fraction of sp³-hybridized carbons (Fsp3) is 0.906. The average Bonchev–Trinajstić information content (AvgIpc) is 0.750. The summed E-state index contributed by atoms with van der Waals surface area (Å²) in [7, 11) is 0. The van der Waals surface area contributed by atoms with Gasteiger partial charge in [0.2, 0.25) is 6.29 Å². The molecule has 43 nitrogen and oxygen atoms in total. The number of aliphatic hydroxyl groups excluding tert-OH is 24. The Morgan fingerprint density at radius 3 is 1.60 bits per heavy atom. The van der Waals surface area contributed by atoms with Gasteiger partial charge in [0, 0.05) is 11.8 Å². The van der Waals surface area contributed by atoms with Gasteiger partial charge in [-0.2, -0.15) is 0 Å². The summed E-state index contributed by atoms with van der Waals surface area (Å²) in [5.74, 6) is -3.64. The number of ether oxygens (including phenoxy) is 17. The Kier molecular flexibility index (Phi) is 31.6. The molecule has 48 atom stereocenters. The molecule has 0 unspecified atom stereocenters. The van der Waals surface area contributed by atoms with Gasteiger partial charge in [0.05, 0.1) is 81.8 Å². The maximum Gasteiger partial charge on any atom is 0.336 e. The second-order valence-electron chi connectivity index (χ2n) is 39.6. The van der Waals surface area contributed by atoms with Gasteiger partial charge in [-0.3, -0.25) is 4.79 Å². The quantitative estimate of drug-likeness (QED) is 0.0157. The summed E-state index contributed by atoms with van der Waals surface area (Å²) in [6, 6.07) is 0. The normalized spacial score (nSPS) is 51.3. The predicted octanol–water partition coefficient (Wildman–Crippen LogP) is -7.64. The van der Waals surface area contributed by atoms with Crippen LogP contribution in [0.4, 0.5) is 0 Å². The van der Waals surface area contributed by atoms with Crippen molar-refractivity contribution in [2.45, 2.75) is 385 Å². The van der Waals surface area contributed by atoms with Crippen LogP contribution >= 0.6 is 0 Å². The van der Waals surface area contributed by atoms with Gasteiger partial charge in [0.1, 0.15) is 170 Å². The Hall–Kier alpha value is -3.40. The van der Waals surface area contributed by atoms with Crippen molar-refractivity contribution in [2.24, 2.45) is 50.2 Å². The van der Waals surface area contributed by atoms with Crippen LogP contribution in [0.15, 0.2) is 36.0 Å². The minimum Gasteiger partial charge on any atom is -0.458 e. The summed E-state index contributed by atoms with van der Waals surface area (Å²) in [6.45, 7) is 17.2. The fourth-order valence-corrected chi connectivity index (χ4v) is 22.8. The van der Waals surface area contributed by atoms with Crippen molar-refractivity contribution >= 4 is 11.9 Å². The molecule has 8 saturated heterocycles. The SMILES string of the molecule is C=C[C@@](C)(CC/C=C(\CO)C(=O)O[C@H]1C[C@]2(C(=O)O[C@H]3O[C@H](CO)[C@H](O)[C@@H](O)[C@@H]3O[C@H]3O[C@@H](C)[C@@H](O[C@@H]4O[C@H](CO)[C@H](O)[C@@H]4O)[C@H](O[C@H]4O[C@@H](CO)[C@@H](O)[C@H](O)[C@@H]4O)[C@H]3O)[C@H](O)C[C@@]3(C)C(=CC[C@H]4[C@]5(C)CC[C@@H](O[C@H]6O[C@@H](CO[C@H]7OC[C@@H](O)[C@@H](O)[C@H]7O[C@@H]7OC[C@@H](O)[C@@H](O)[C@H]7O)[C@H](O)[C@@H](O)[C@H]6O)C(C)(C)[C@H]5CC[C@]43C)[C@H]2CC1(C)C)O[C@@H]1O[C@@H](C)[C@@H](O)[C@H](O)[C@@H]1O. The summed E-state index contributed by atoms with van der Waals surface area (Å²) >= 11 is 0. The Morgan fingerprint density at radius 2 is 0.984 bits per heavy atom. The number of aliphatic hydroxyl groups is 24. The van der Waals surface area contributed by atoms with Crippen LogP contribution in [-0.4, -0.2) is 432 Å². The molecule has 24 N–H and O–H groups in total. The molecule has 0 aromatic rings. The van der Waals surface area contributed by atoms with Gasteiger partial charge in [0.25, 0.3) is 0 Å². The van der Waals surface area contributed by atoms with E-state index in [9.17, 15) is 127 Å². The monoisotopic (exact) mass is 1840 g/mol. The van der Waals surface area contributed by atoms with Crippen LogP contribution in [0.25, 0.3) is 0 Å². The maximum atomic E-state index is 16.7. The lowest BCUT2D eigenvalue weighted by Gasteiger charge is -2.72.